The van der Waals surface area contributed by atoms with Gasteiger partial charge in [-0.15, -0.1) is 0 Å². The number of aliphatic imine (C=N–C) groups is 1. The van der Waals surface area contributed by atoms with Gasteiger partial charge >= 0.3 is 0 Å². The molecule has 1 aliphatic rings. The Kier molecular flexibility index (Phi) is 6.83. The van der Waals surface area contributed by atoms with Crippen LogP contribution in [-0.4, -0.2) is 48.6 Å². The zero-order chi connectivity index (χ0) is 18.2. The minimum absolute atomic E-state index is 0.719. The monoisotopic (exact) mass is 353 g/mol. The molecule has 0 saturated carbocycles. The Bertz CT molecular complexity index is 722. The van der Waals surface area contributed by atoms with Gasteiger partial charge in [0.15, 0.2) is 5.96 Å². The molecule has 1 fully saturated rings. The number of hydrogen-bond acceptors (Lipinski definition) is 3. The van der Waals surface area contributed by atoms with Crippen LogP contribution in [0.4, 0.5) is 0 Å². The van der Waals surface area contributed by atoms with Crippen molar-refractivity contribution in [2.24, 2.45) is 4.99 Å². The molecule has 1 saturated heterocycles. The second-order valence-corrected chi connectivity index (χ2v) is 7.08. The van der Waals surface area contributed by atoms with Gasteiger partial charge in [0.1, 0.15) is 0 Å². The van der Waals surface area contributed by atoms with Gasteiger partial charge in [-0.25, -0.2) is 0 Å². The largest absolute Gasteiger partial charge is 0.356 e. The van der Waals surface area contributed by atoms with Gasteiger partial charge in [0.25, 0.3) is 0 Å². The maximum atomic E-state index is 4.51. The molecular weight excluding hydrogens is 322 g/mol. The topological polar surface area (TPSA) is 52.6 Å². The molecule has 3 rings (SSSR count). The van der Waals surface area contributed by atoms with E-state index in [2.05, 4.69) is 56.7 Å². The molecule has 0 radical (unpaired) electrons. The van der Waals surface area contributed by atoms with Crippen LogP contribution in [0.15, 0.2) is 41.5 Å². The van der Waals surface area contributed by atoms with E-state index in [1.165, 1.54) is 43.3 Å². The number of aromatic nitrogens is 1. The number of likely N-dealkylation sites (tertiary alicyclic amines) is 1. The molecule has 2 aromatic rings. The molecule has 1 aliphatic heterocycles. The van der Waals surface area contributed by atoms with Crippen LogP contribution in [0.2, 0.25) is 0 Å². The summed E-state index contributed by atoms with van der Waals surface area (Å²) in [6, 6.07) is 11.1. The summed E-state index contributed by atoms with van der Waals surface area (Å²) in [5.74, 6) is 0.852. The van der Waals surface area contributed by atoms with Crippen LogP contribution in [0.25, 0.3) is 10.9 Å². The fourth-order valence-electron chi connectivity index (χ4n) is 3.69. The number of para-hydroxylation sites is 1. The highest BCUT2D eigenvalue weighted by Crippen LogP contribution is 2.16. The molecule has 1 atom stereocenters. The highest BCUT2D eigenvalue weighted by molar-refractivity contribution is 5.83. The second-order valence-electron chi connectivity index (χ2n) is 7.08. The number of guanidine groups is 1. The van der Waals surface area contributed by atoms with Crippen molar-refractivity contribution >= 4 is 16.9 Å². The van der Waals surface area contributed by atoms with E-state index in [0.29, 0.717) is 0 Å². The highest BCUT2D eigenvalue weighted by Gasteiger charge is 2.17. The van der Waals surface area contributed by atoms with Crippen LogP contribution in [0.3, 0.4) is 0 Å². The maximum absolute atomic E-state index is 4.51. The van der Waals surface area contributed by atoms with Crippen molar-refractivity contribution < 1.29 is 0 Å². The summed E-state index contributed by atoms with van der Waals surface area (Å²) in [4.78, 5) is 11.5. The first-order chi connectivity index (χ1) is 12.8. The van der Waals surface area contributed by atoms with Gasteiger partial charge in [0, 0.05) is 44.3 Å². The first-order valence-electron chi connectivity index (χ1n) is 9.79. The SMILES string of the molecule is CN=C(NCCCN1CCCCC1C)NCc1cccc2cccnc12. The minimum Gasteiger partial charge on any atom is -0.356 e. The van der Waals surface area contributed by atoms with E-state index >= 15 is 0 Å². The lowest BCUT2D eigenvalue weighted by Gasteiger charge is -2.33. The minimum atomic E-state index is 0.719. The van der Waals surface area contributed by atoms with E-state index in [1.54, 1.807) is 0 Å². The average Bonchev–Trinajstić information content (AvgIpc) is 2.68. The first-order valence-corrected chi connectivity index (χ1v) is 9.79. The molecule has 140 valence electrons. The molecule has 1 unspecified atom stereocenters. The summed E-state index contributed by atoms with van der Waals surface area (Å²) in [6.45, 7) is 6.43. The number of benzene rings is 1. The second kappa shape index (κ2) is 9.53. The van der Waals surface area contributed by atoms with Crippen molar-refractivity contribution in [2.45, 2.75) is 45.2 Å². The van der Waals surface area contributed by atoms with Gasteiger partial charge < -0.3 is 15.5 Å². The predicted octanol–water partition coefficient (Wildman–Crippen LogP) is 3.16. The maximum Gasteiger partial charge on any atom is 0.191 e. The Morgan fingerprint density at radius 3 is 2.96 bits per heavy atom. The van der Waals surface area contributed by atoms with E-state index in [-0.39, 0.29) is 0 Å². The summed E-state index contributed by atoms with van der Waals surface area (Å²) in [7, 11) is 1.82. The van der Waals surface area contributed by atoms with Gasteiger partial charge in [-0.3, -0.25) is 9.98 Å². The molecule has 0 amide bonds. The van der Waals surface area contributed by atoms with Crippen LogP contribution in [-0.2, 0) is 6.54 Å². The Morgan fingerprint density at radius 2 is 2.12 bits per heavy atom. The third kappa shape index (κ3) is 4.94. The standard InChI is InChI=1S/C21H31N5/c1-17-8-3-4-14-26(17)15-7-13-24-21(22-2)25-16-19-10-5-9-18-11-6-12-23-20(18)19/h5-6,9-12,17H,3-4,7-8,13-16H2,1-2H3,(H2,22,24,25). The summed E-state index contributed by atoms with van der Waals surface area (Å²) in [5.41, 5.74) is 2.24. The fraction of sp³-hybridized carbons (Fsp3) is 0.524. The lowest BCUT2D eigenvalue weighted by atomic mass is 10.0. The third-order valence-corrected chi connectivity index (χ3v) is 5.24. The van der Waals surface area contributed by atoms with Crippen molar-refractivity contribution in [3.05, 3.63) is 42.1 Å². The Balaban J connectivity index is 1.44. The normalized spacial score (nSPS) is 18.8. The molecule has 0 bridgehead atoms. The lowest BCUT2D eigenvalue weighted by Crippen LogP contribution is -2.41. The lowest BCUT2D eigenvalue weighted by molar-refractivity contribution is 0.159. The first kappa shape index (κ1) is 18.6. The quantitative estimate of drug-likeness (QED) is 0.476. The van der Waals surface area contributed by atoms with Crippen LogP contribution in [0.1, 0.15) is 38.2 Å². The molecule has 1 aromatic heterocycles. The van der Waals surface area contributed by atoms with Gasteiger partial charge in [-0.1, -0.05) is 30.7 Å². The summed E-state index contributed by atoms with van der Waals surface area (Å²) >= 11 is 0. The number of piperidine rings is 1. The molecule has 5 nitrogen and oxygen atoms in total. The van der Waals surface area contributed by atoms with Crippen molar-refractivity contribution in [1.82, 2.24) is 20.5 Å². The molecule has 5 heteroatoms. The Hall–Kier alpha value is -2.14. The van der Waals surface area contributed by atoms with Gasteiger partial charge in [-0.2, -0.15) is 0 Å². The third-order valence-electron chi connectivity index (χ3n) is 5.24. The summed E-state index contributed by atoms with van der Waals surface area (Å²) in [6.07, 6.45) is 7.06. The van der Waals surface area contributed by atoms with E-state index in [0.717, 1.165) is 37.0 Å². The highest BCUT2D eigenvalue weighted by atomic mass is 15.2. The number of nitrogens with zero attached hydrogens (tertiary/aromatic N) is 3. The van der Waals surface area contributed by atoms with Crippen LogP contribution >= 0.6 is 0 Å². The molecule has 0 aliphatic carbocycles. The molecule has 2 heterocycles. The van der Waals surface area contributed by atoms with E-state index in [9.17, 15) is 0 Å². The molecule has 1 aromatic carbocycles. The van der Waals surface area contributed by atoms with Crippen LogP contribution in [0, 0.1) is 0 Å². The number of fused-ring (bicyclic) bond motifs is 1. The van der Waals surface area contributed by atoms with Crippen molar-refractivity contribution in [3.8, 4) is 0 Å². The van der Waals surface area contributed by atoms with Gasteiger partial charge in [0.05, 0.1) is 5.52 Å². The number of hydrogen-bond donors (Lipinski definition) is 2. The van der Waals surface area contributed by atoms with Crippen LogP contribution < -0.4 is 10.6 Å². The zero-order valence-corrected chi connectivity index (χ0v) is 16.0. The molecular formula is C21H31N5. The van der Waals surface area contributed by atoms with Crippen molar-refractivity contribution in [3.63, 3.8) is 0 Å². The average molecular weight is 354 g/mol. The molecule has 0 spiro atoms. The van der Waals surface area contributed by atoms with E-state index in [1.807, 2.05) is 19.3 Å². The summed E-state index contributed by atoms with van der Waals surface area (Å²) in [5, 5.41) is 8.02. The van der Waals surface area contributed by atoms with E-state index in [4.69, 9.17) is 0 Å². The van der Waals surface area contributed by atoms with Gasteiger partial charge in [-0.05, 0) is 44.4 Å². The van der Waals surface area contributed by atoms with E-state index < -0.39 is 0 Å². The Morgan fingerprint density at radius 1 is 1.23 bits per heavy atom. The van der Waals surface area contributed by atoms with Crippen molar-refractivity contribution in [1.29, 1.82) is 0 Å². The fourth-order valence-corrected chi connectivity index (χ4v) is 3.69. The Labute approximate surface area is 156 Å². The molecule has 2 N–H and O–H groups in total. The van der Waals surface area contributed by atoms with Crippen LogP contribution in [0.5, 0.6) is 0 Å². The van der Waals surface area contributed by atoms with Crippen molar-refractivity contribution in [2.75, 3.05) is 26.7 Å². The van der Waals surface area contributed by atoms with Gasteiger partial charge in [0.2, 0.25) is 0 Å². The number of rotatable bonds is 6. The number of pyridine rings is 1. The number of nitrogens with one attached hydrogen (secondary N) is 2. The zero-order valence-electron chi connectivity index (χ0n) is 16.0. The summed E-state index contributed by atoms with van der Waals surface area (Å²) < 4.78 is 0. The predicted molar refractivity (Wildman–Crippen MR) is 109 cm³/mol. The molecule has 26 heavy (non-hydrogen) atoms. The smallest absolute Gasteiger partial charge is 0.191 e.